The highest BCUT2D eigenvalue weighted by atomic mass is 15.1. The van der Waals surface area contributed by atoms with Crippen molar-refractivity contribution < 1.29 is 0 Å². The zero-order valence-electron chi connectivity index (χ0n) is 9.90. The molecule has 84 valence electrons. The molecule has 0 aliphatic carbocycles. The molecule has 1 aliphatic heterocycles. The maximum Gasteiger partial charge on any atom is 0.0765 e. The van der Waals surface area contributed by atoms with Gasteiger partial charge in [-0.1, -0.05) is 19.1 Å². The van der Waals surface area contributed by atoms with E-state index in [0.717, 1.165) is 19.3 Å². The number of rotatable bonds is 6. The molecule has 2 N–H and O–H groups in total. The summed E-state index contributed by atoms with van der Waals surface area (Å²) in [7, 11) is 4.08. The summed E-state index contributed by atoms with van der Waals surface area (Å²) in [4.78, 5) is 6.35. The standard InChI is InChI=1S/C12H21N3/c1-4-5-6-10(13)7-8-11-12(9-14-11)15(2)3/h5-6,9-10H,4,7-8,13H2,1-3H3/b6-5-. The van der Waals surface area contributed by atoms with E-state index in [1.165, 1.54) is 11.4 Å². The molecule has 3 heteroatoms. The zero-order valence-corrected chi connectivity index (χ0v) is 9.90. The minimum Gasteiger partial charge on any atom is -0.375 e. The molecule has 1 aliphatic rings. The second-order valence-electron chi connectivity index (χ2n) is 4.02. The van der Waals surface area contributed by atoms with Gasteiger partial charge in [0, 0.05) is 20.1 Å². The van der Waals surface area contributed by atoms with E-state index in [9.17, 15) is 0 Å². The Labute approximate surface area is 92.4 Å². The Morgan fingerprint density at radius 2 is 2.27 bits per heavy atom. The number of hydrogen-bond acceptors (Lipinski definition) is 3. The van der Waals surface area contributed by atoms with Crippen LogP contribution in [0.25, 0.3) is 0 Å². The Balaban J connectivity index is 2.32. The quantitative estimate of drug-likeness (QED) is 0.676. The van der Waals surface area contributed by atoms with Gasteiger partial charge in [0.05, 0.1) is 17.6 Å². The molecule has 1 heterocycles. The van der Waals surface area contributed by atoms with Crippen LogP contribution in [0.2, 0.25) is 0 Å². The Morgan fingerprint density at radius 3 is 2.73 bits per heavy atom. The molecule has 0 saturated heterocycles. The lowest BCUT2D eigenvalue weighted by Crippen LogP contribution is -2.21. The second kappa shape index (κ2) is 5.71. The molecule has 3 nitrogen and oxygen atoms in total. The third-order valence-corrected chi connectivity index (χ3v) is 2.45. The van der Waals surface area contributed by atoms with Gasteiger partial charge in [-0.05, 0) is 19.3 Å². The molecule has 0 amide bonds. The highest BCUT2D eigenvalue weighted by Gasteiger charge is 2.13. The van der Waals surface area contributed by atoms with Gasteiger partial charge in [0.15, 0.2) is 0 Å². The Bertz CT molecular complexity index is 287. The van der Waals surface area contributed by atoms with Crippen LogP contribution < -0.4 is 5.73 Å². The fourth-order valence-corrected chi connectivity index (χ4v) is 1.49. The maximum atomic E-state index is 5.93. The van der Waals surface area contributed by atoms with Crippen LogP contribution in [0.5, 0.6) is 0 Å². The van der Waals surface area contributed by atoms with Crippen LogP contribution in [0.4, 0.5) is 0 Å². The minimum absolute atomic E-state index is 0.164. The predicted octanol–water partition coefficient (Wildman–Crippen LogP) is 1.92. The van der Waals surface area contributed by atoms with Gasteiger partial charge in [0.25, 0.3) is 0 Å². The zero-order chi connectivity index (χ0) is 11.3. The monoisotopic (exact) mass is 207 g/mol. The smallest absolute Gasteiger partial charge is 0.0765 e. The van der Waals surface area contributed by atoms with Gasteiger partial charge in [-0.2, -0.15) is 0 Å². The highest BCUT2D eigenvalue weighted by Crippen LogP contribution is 2.21. The number of nitrogens with two attached hydrogens (primary N) is 1. The summed E-state index contributed by atoms with van der Waals surface area (Å²) in [6.45, 7) is 2.12. The van der Waals surface area contributed by atoms with Crippen LogP contribution in [0.3, 0.4) is 0 Å². The summed E-state index contributed by atoms with van der Waals surface area (Å²) < 4.78 is 0. The van der Waals surface area contributed by atoms with E-state index in [1.807, 2.05) is 20.3 Å². The molecular weight excluding hydrogens is 186 g/mol. The fourth-order valence-electron chi connectivity index (χ4n) is 1.49. The average Bonchev–Trinajstić information content (AvgIpc) is 2.12. The third kappa shape index (κ3) is 3.51. The van der Waals surface area contributed by atoms with E-state index in [2.05, 4.69) is 29.0 Å². The van der Waals surface area contributed by atoms with E-state index in [4.69, 9.17) is 5.73 Å². The lowest BCUT2D eigenvalue weighted by Gasteiger charge is -2.22. The van der Waals surface area contributed by atoms with Crippen LogP contribution in [0, 0.1) is 0 Å². The normalized spacial score (nSPS) is 17.1. The lowest BCUT2D eigenvalue weighted by molar-refractivity contribution is 0.520. The number of aliphatic imine (C=N–C) groups is 1. The molecule has 0 radical (unpaired) electrons. The molecule has 1 rings (SSSR count). The lowest BCUT2D eigenvalue weighted by atomic mass is 10.1. The first-order valence-electron chi connectivity index (χ1n) is 5.52. The topological polar surface area (TPSA) is 41.6 Å². The van der Waals surface area contributed by atoms with Crippen molar-refractivity contribution in [3.05, 3.63) is 23.5 Å². The molecule has 0 fully saturated rings. The Morgan fingerprint density at radius 1 is 1.53 bits per heavy atom. The van der Waals surface area contributed by atoms with Gasteiger partial charge in [-0.3, -0.25) is 4.99 Å². The molecule has 1 atom stereocenters. The summed E-state index contributed by atoms with van der Waals surface area (Å²) >= 11 is 0. The molecule has 0 saturated carbocycles. The summed E-state index contributed by atoms with van der Waals surface area (Å²) in [6.07, 6.45) is 9.11. The minimum atomic E-state index is 0.164. The van der Waals surface area contributed by atoms with Crippen molar-refractivity contribution in [2.24, 2.45) is 10.7 Å². The highest BCUT2D eigenvalue weighted by molar-refractivity contribution is 5.85. The first-order chi connectivity index (χ1) is 7.15. The summed E-state index contributed by atoms with van der Waals surface area (Å²) in [5, 5.41) is 0. The predicted molar refractivity (Wildman–Crippen MR) is 65.8 cm³/mol. The molecule has 15 heavy (non-hydrogen) atoms. The summed E-state index contributed by atoms with van der Waals surface area (Å²) in [5.41, 5.74) is 8.35. The first kappa shape index (κ1) is 12.0. The van der Waals surface area contributed by atoms with Crippen molar-refractivity contribution in [2.75, 3.05) is 14.1 Å². The van der Waals surface area contributed by atoms with Gasteiger partial charge < -0.3 is 10.6 Å². The molecule has 0 aromatic carbocycles. The molecule has 0 aromatic heterocycles. The molecule has 1 unspecified atom stereocenters. The van der Waals surface area contributed by atoms with Gasteiger partial charge in [-0.15, -0.1) is 0 Å². The second-order valence-corrected chi connectivity index (χ2v) is 4.02. The van der Waals surface area contributed by atoms with Gasteiger partial charge in [-0.25, -0.2) is 0 Å². The van der Waals surface area contributed by atoms with Crippen molar-refractivity contribution in [1.82, 2.24) is 4.90 Å². The largest absolute Gasteiger partial charge is 0.375 e. The molecule has 0 spiro atoms. The van der Waals surface area contributed by atoms with Crippen LogP contribution in [0.1, 0.15) is 26.2 Å². The molecule has 0 bridgehead atoms. The van der Waals surface area contributed by atoms with E-state index in [-0.39, 0.29) is 6.04 Å². The van der Waals surface area contributed by atoms with Crippen molar-refractivity contribution in [3.63, 3.8) is 0 Å². The average molecular weight is 207 g/mol. The summed E-state index contributed by atoms with van der Waals surface area (Å²) in [6, 6.07) is 0.164. The van der Waals surface area contributed by atoms with Crippen molar-refractivity contribution in [3.8, 4) is 0 Å². The number of allylic oxidation sites excluding steroid dienone is 3. The van der Waals surface area contributed by atoms with Crippen molar-refractivity contribution in [2.45, 2.75) is 32.2 Å². The van der Waals surface area contributed by atoms with E-state index < -0.39 is 0 Å². The first-order valence-corrected chi connectivity index (χ1v) is 5.52. The number of hydrogen-bond donors (Lipinski definition) is 1. The number of nitrogens with zero attached hydrogens (tertiary/aromatic N) is 2. The van der Waals surface area contributed by atoms with Gasteiger partial charge in [0.2, 0.25) is 0 Å². The molecular formula is C12H21N3. The molecule has 0 aromatic rings. The van der Waals surface area contributed by atoms with E-state index >= 15 is 0 Å². The third-order valence-electron chi connectivity index (χ3n) is 2.45. The van der Waals surface area contributed by atoms with Gasteiger partial charge in [0.1, 0.15) is 0 Å². The van der Waals surface area contributed by atoms with E-state index in [1.54, 1.807) is 0 Å². The van der Waals surface area contributed by atoms with Crippen LogP contribution in [-0.4, -0.2) is 31.3 Å². The van der Waals surface area contributed by atoms with E-state index in [0.29, 0.717) is 0 Å². The maximum absolute atomic E-state index is 5.93. The SMILES string of the molecule is CC/C=C\C(N)CCC1=C(N(C)C)C=N1. The van der Waals surface area contributed by atoms with Crippen LogP contribution >= 0.6 is 0 Å². The van der Waals surface area contributed by atoms with Crippen LogP contribution in [0.15, 0.2) is 28.5 Å². The summed E-state index contributed by atoms with van der Waals surface area (Å²) in [5.74, 6) is 0. The Kier molecular flexibility index (Phi) is 4.56. The Hall–Kier alpha value is -1.09. The van der Waals surface area contributed by atoms with Crippen LogP contribution in [-0.2, 0) is 0 Å². The van der Waals surface area contributed by atoms with Crippen molar-refractivity contribution >= 4 is 6.21 Å². The fraction of sp³-hybridized carbons (Fsp3) is 0.583. The van der Waals surface area contributed by atoms with Gasteiger partial charge >= 0.3 is 0 Å². The van der Waals surface area contributed by atoms with Crippen molar-refractivity contribution in [1.29, 1.82) is 0 Å².